The van der Waals surface area contributed by atoms with Crippen molar-refractivity contribution < 1.29 is 22.4 Å². The Balaban J connectivity index is 1.87. The molecule has 11 heteroatoms. The maximum atomic E-state index is 14.3. The van der Waals surface area contributed by atoms with Crippen LogP contribution in [0, 0.1) is 11.7 Å². The Labute approximate surface area is 163 Å². The summed E-state index contributed by atoms with van der Waals surface area (Å²) >= 11 is 0. The number of aromatic nitrogens is 4. The van der Waals surface area contributed by atoms with E-state index in [0.717, 1.165) is 6.20 Å². The summed E-state index contributed by atoms with van der Waals surface area (Å²) in [5.74, 6) is -2.28. The van der Waals surface area contributed by atoms with E-state index in [2.05, 4.69) is 25.3 Å². The van der Waals surface area contributed by atoms with Crippen LogP contribution in [0.5, 0.6) is 0 Å². The molecule has 3 N–H and O–H groups in total. The molecule has 3 heterocycles. The minimum absolute atomic E-state index is 0.173. The highest BCUT2D eigenvalue weighted by molar-refractivity contribution is 5.91. The van der Waals surface area contributed by atoms with E-state index in [9.17, 15) is 22.4 Å². The van der Waals surface area contributed by atoms with E-state index < -0.39 is 36.4 Å². The number of rotatable bonds is 6. The first-order valence-corrected chi connectivity index (χ1v) is 8.71. The van der Waals surface area contributed by atoms with Crippen LogP contribution < -0.4 is 10.6 Å². The monoisotopic (exact) mass is 410 g/mol. The highest BCUT2D eigenvalue weighted by Crippen LogP contribution is 2.26. The van der Waals surface area contributed by atoms with Crippen LogP contribution in [0.15, 0.2) is 30.7 Å². The normalized spacial score (nSPS) is 12.9. The number of hydrogen-bond donors (Lipinski definition) is 3. The summed E-state index contributed by atoms with van der Waals surface area (Å²) < 4.78 is 51.4. The third kappa shape index (κ3) is 4.79. The smallest absolute Gasteiger partial charge is 0.356 e. The van der Waals surface area contributed by atoms with E-state index in [1.54, 1.807) is 43.7 Å². The lowest BCUT2D eigenvalue weighted by Crippen LogP contribution is -2.46. The maximum Gasteiger partial charge on any atom is 0.405 e. The quantitative estimate of drug-likeness (QED) is 0.542. The van der Waals surface area contributed by atoms with E-state index in [1.807, 2.05) is 0 Å². The summed E-state index contributed by atoms with van der Waals surface area (Å²) in [6.45, 7) is 1.77. The molecule has 29 heavy (non-hydrogen) atoms. The number of pyridine rings is 1. The number of hydrogen-bond acceptors (Lipinski definition) is 5. The number of H-pyrrole nitrogens is 1. The van der Waals surface area contributed by atoms with Crippen molar-refractivity contribution >= 4 is 22.8 Å². The van der Waals surface area contributed by atoms with Crippen molar-refractivity contribution in [1.82, 2.24) is 25.3 Å². The van der Waals surface area contributed by atoms with Gasteiger partial charge in [0, 0.05) is 23.3 Å². The van der Waals surface area contributed by atoms with Gasteiger partial charge in [0.2, 0.25) is 5.91 Å². The topological polar surface area (TPSA) is 95.6 Å². The molecule has 0 saturated heterocycles. The van der Waals surface area contributed by atoms with Crippen molar-refractivity contribution in [2.45, 2.75) is 26.1 Å². The first-order valence-electron chi connectivity index (χ1n) is 8.71. The van der Waals surface area contributed by atoms with Crippen LogP contribution in [-0.4, -0.2) is 44.6 Å². The van der Waals surface area contributed by atoms with Gasteiger partial charge in [0.25, 0.3) is 0 Å². The van der Waals surface area contributed by atoms with E-state index in [-0.39, 0.29) is 11.6 Å². The van der Waals surface area contributed by atoms with E-state index >= 15 is 0 Å². The Morgan fingerprint density at radius 2 is 2.03 bits per heavy atom. The van der Waals surface area contributed by atoms with Gasteiger partial charge >= 0.3 is 6.18 Å². The Kier molecular flexibility index (Phi) is 5.66. The lowest BCUT2D eigenvalue weighted by atomic mass is 10.0. The van der Waals surface area contributed by atoms with Crippen molar-refractivity contribution in [3.05, 3.63) is 36.5 Å². The van der Waals surface area contributed by atoms with Gasteiger partial charge in [-0.05, 0) is 18.1 Å². The van der Waals surface area contributed by atoms with Gasteiger partial charge in [0.1, 0.15) is 18.2 Å². The van der Waals surface area contributed by atoms with Gasteiger partial charge in [-0.2, -0.15) is 13.2 Å². The number of nitrogens with one attached hydrogen (secondary N) is 3. The summed E-state index contributed by atoms with van der Waals surface area (Å²) in [4.78, 5) is 27.4. The highest BCUT2D eigenvalue weighted by atomic mass is 19.4. The number of anilines is 1. The molecule has 0 bridgehead atoms. The standard InChI is InChI=1S/C18H18F4N6O/c1-9(2)13(17(29)26-8-18(20,21)22)27-16-12(19)7-25-15(28-16)11-6-24-14-10(11)4-3-5-23-14/h3-7,9,13H,8H2,1-2H3,(H,23,24)(H,26,29)(H,25,27,28)/t13-/m1/s1. The van der Waals surface area contributed by atoms with Crippen molar-refractivity contribution in [2.24, 2.45) is 5.92 Å². The lowest BCUT2D eigenvalue weighted by molar-refractivity contribution is -0.139. The second-order valence-corrected chi connectivity index (χ2v) is 6.69. The first-order chi connectivity index (χ1) is 13.7. The molecule has 0 aromatic carbocycles. The van der Waals surface area contributed by atoms with Gasteiger partial charge in [-0.15, -0.1) is 0 Å². The van der Waals surface area contributed by atoms with Crippen LogP contribution >= 0.6 is 0 Å². The van der Waals surface area contributed by atoms with Crippen LogP contribution in [-0.2, 0) is 4.79 Å². The summed E-state index contributed by atoms with van der Waals surface area (Å²) in [5, 5.41) is 5.12. The molecule has 0 radical (unpaired) electrons. The number of alkyl halides is 3. The lowest BCUT2D eigenvalue weighted by Gasteiger charge is -2.23. The fraction of sp³-hybridized carbons (Fsp3) is 0.333. The van der Waals surface area contributed by atoms with Gasteiger partial charge in [-0.1, -0.05) is 13.8 Å². The zero-order chi connectivity index (χ0) is 21.2. The molecule has 154 valence electrons. The molecule has 7 nitrogen and oxygen atoms in total. The number of amides is 1. The molecular formula is C18H18F4N6O. The van der Waals surface area contributed by atoms with Crippen molar-refractivity contribution in [1.29, 1.82) is 0 Å². The molecule has 0 spiro atoms. The van der Waals surface area contributed by atoms with E-state index in [1.165, 1.54) is 0 Å². The molecule has 3 aromatic heterocycles. The highest BCUT2D eigenvalue weighted by Gasteiger charge is 2.31. The van der Waals surface area contributed by atoms with Crippen LogP contribution in [0.4, 0.5) is 23.4 Å². The molecule has 0 fully saturated rings. The third-order valence-corrected chi connectivity index (χ3v) is 4.14. The van der Waals surface area contributed by atoms with Crippen LogP contribution in [0.25, 0.3) is 22.4 Å². The largest absolute Gasteiger partial charge is 0.405 e. The zero-order valence-corrected chi connectivity index (χ0v) is 15.5. The molecule has 1 atom stereocenters. The van der Waals surface area contributed by atoms with Crippen molar-refractivity contribution in [3.8, 4) is 11.4 Å². The minimum atomic E-state index is -4.55. The number of carbonyl (C=O) groups excluding carboxylic acids is 1. The number of fused-ring (bicyclic) bond motifs is 1. The third-order valence-electron chi connectivity index (χ3n) is 4.14. The predicted octanol–water partition coefficient (Wildman–Crippen LogP) is 3.27. The van der Waals surface area contributed by atoms with E-state index in [0.29, 0.717) is 16.6 Å². The molecule has 3 aromatic rings. The Bertz CT molecular complexity index is 1020. The number of halogens is 4. The molecular weight excluding hydrogens is 392 g/mol. The Morgan fingerprint density at radius 1 is 1.28 bits per heavy atom. The molecule has 3 rings (SSSR count). The fourth-order valence-corrected chi connectivity index (χ4v) is 2.72. The Morgan fingerprint density at radius 3 is 2.72 bits per heavy atom. The number of aromatic amines is 1. The average Bonchev–Trinajstić information content (AvgIpc) is 3.09. The van der Waals surface area contributed by atoms with Crippen molar-refractivity contribution in [3.63, 3.8) is 0 Å². The molecule has 0 unspecified atom stereocenters. The number of nitrogens with zero attached hydrogens (tertiary/aromatic N) is 3. The van der Waals surface area contributed by atoms with Gasteiger partial charge in [-0.25, -0.2) is 19.3 Å². The van der Waals surface area contributed by atoms with Gasteiger partial charge in [0.05, 0.1) is 6.20 Å². The first kappa shape index (κ1) is 20.5. The molecule has 0 aliphatic rings. The van der Waals surface area contributed by atoms with E-state index in [4.69, 9.17) is 0 Å². The summed E-state index contributed by atoms with van der Waals surface area (Å²) in [7, 11) is 0. The molecule has 0 aliphatic heterocycles. The molecule has 0 saturated carbocycles. The molecule has 0 aliphatic carbocycles. The number of carbonyl (C=O) groups is 1. The van der Waals surface area contributed by atoms with Crippen LogP contribution in [0.3, 0.4) is 0 Å². The SMILES string of the molecule is CC(C)[C@@H](Nc1nc(-c2c[nH]c3ncccc23)ncc1F)C(=O)NCC(F)(F)F. The zero-order valence-electron chi connectivity index (χ0n) is 15.5. The van der Waals surface area contributed by atoms with Crippen molar-refractivity contribution in [2.75, 3.05) is 11.9 Å². The van der Waals surface area contributed by atoms with Gasteiger partial charge < -0.3 is 15.6 Å². The summed E-state index contributed by atoms with van der Waals surface area (Å²) in [6, 6.07) is 2.39. The van der Waals surface area contributed by atoms with Crippen LogP contribution in [0.1, 0.15) is 13.8 Å². The second-order valence-electron chi connectivity index (χ2n) is 6.69. The second kappa shape index (κ2) is 8.02. The average molecular weight is 410 g/mol. The maximum absolute atomic E-state index is 14.3. The summed E-state index contributed by atoms with van der Waals surface area (Å²) in [6.07, 6.45) is -0.392. The summed E-state index contributed by atoms with van der Waals surface area (Å²) in [5.41, 5.74) is 1.16. The van der Waals surface area contributed by atoms with Gasteiger partial charge in [0.15, 0.2) is 17.5 Å². The molecule has 1 amide bonds. The Hall–Kier alpha value is -3.24. The fourth-order valence-electron chi connectivity index (χ4n) is 2.72. The predicted molar refractivity (Wildman–Crippen MR) is 98.4 cm³/mol. The minimum Gasteiger partial charge on any atom is -0.356 e. The van der Waals surface area contributed by atoms with Crippen LogP contribution in [0.2, 0.25) is 0 Å². The van der Waals surface area contributed by atoms with Gasteiger partial charge in [-0.3, -0.25) is 4.79 Å².